The quantitative estimate of drug-likeness (QED) is 0.489. The summed E-state index contributed by atoms with van der Waals surface area (Å²) in [6, 6.07) is 0. The van der Waals surface area contributed by atoms with Gasteiger partial charge in [-0.25, -0.2) is 0 Å². The Hall–Kier alpha value is -0.560. The van der Waals surface area contributed by atoms with Crippen molar-refractivity contribution in [2.75, 3.05) is 0 Å². The monoisotopic (exact) mass is 398 g/mol. The van der Waals surface area contributed by atoms with Crippen LogP contribution < -0.4 is 0 Å². The van der Waals surface area contributed by atoms with Crippen LogP contribution in [0.15, 0.2) is 23.8 Å². The largest absolute Gasteiger partial charge is 0.393 e. The second-order valence-electron chi connectivity index (χ2n) is 12.2. The van der Waals surface area contributed by atoms with E-state index in [4.69, 9.17) is 0 Å². The number of rotatable bonds is 4. The highest BCUT2D eigenvalue weighted by atomic mass is 16.3. The summed E-state index contributed by atoms with van der Waals surface area (Å²) in [5.41, 5.74) is 2.51. The van der Waals surface area contributed by atoms with E-state index in [-0.39, 0.29) is 6.10 Å². The fourth-order valence-corrected chi connectivity index (χ4v) is 8.25. The summed E-state index contributed by atoms with van der Waals surface area (Å²) < 4.78 is 0. The summed E-state index contributed by atoms with van der Waals surface area (Å²) in [5, 5.41) is 10.2. The van der Waals surface area contributed by atoms with Crippen molar-refractivity contribution in [2.45, 2.75) is 99.0 Å². The maximum Gasteiger partial charge on any atom is 0.0577 e. The van der Waals surface area contributed by atoms with Gasteiger partial charge in [-0.2, -0.15) is 0 Å². The Morgan fingerprint density at radius 2 is 1.72 bits per heavy atom. The van der Waals surface area contributed by atoms with E-state index in [1.165, 1.54) is 38.5 Å². The van der Waals surface area contributed by atoms with Crippen molar-refractivity contribution in [1.29, 1.82) is 0 Å². The second kappa shape index (κ2) is 7.85. The van der Waals surface area contributed by atoms with Gasteiger partial charge in [0.1, 0.15) is 0 Å². The topological polar surface area (TPSA) is 20.2 Å². The molecule has 3 fully saturated rings. The van der Waals surface area contributed by atoms with Crippen molar-refractivity contribution in [3.63, 3.8) is 0 Å². The van der Waals surface area contributed by atoms with Crippen LogP contribution in [0.3, 0.4) is 0 Å². The van der Waals surface area contributed by atoms with Gasteiger partial charge in [0.05, 0.1) is 6.10 Å². The highest BCUT2D eigenvalue weighted by Gasteiger charge is 2.58. The lowest BCUT2D eigenvalue weighted by atomic mass is 9.47. The molecule has 9 atom stereocenters. The molecule has 0 amide bonds. The van der Waals surface area contributed by atoms with Crippen LogP contribution in [-0.2, 0) is 0 Å². The molecule has 4 rings (SSSR count). The molecule has 1 N–H and O–H groups in total. The van der Waals surface area contributed by atoms with E-state index >= 15 is 0 Å². The standard InChI is InChI=1S/C28H46O/c1-18(2)19(3)7-8-20(4)24-11-12-25-23-10-9-21-17-22(29)13-15-27(21,5)26(23)14-16-28(24,25)6/h7-9,18-20,22-26,29H,10-17H2,1-6H3/b8-7+/t19-,20+,22-,23+,24+,25+,26+,27-,28+/m0/s1. The zero-order valence-electron chi connectivity index (χ0n) is 20.0. The fourth-order valence-electron chi connectivity index (χ4n) is 8.25. The minimum atomic E-state index is -0.0866. The molecule has 4 aliphatic rings. The van der Waals surface area contributed by atoms with Crippen molar-refractivity contribution >= 4 is 0 Å². The van der Waals surface area contributed by atoms with Crippen molar-refractivity contribution in [3.05, 3.63) is 23.8 Å². The number of aliphatic hydroxyl groups excluding tert-OH is 1. The van der Waals surface area contributed by atoms with E-state index in [1.54, 1.807) is 5.57 Å². The van der Waals surface area contributed by atoms with Gasteiger partial charge in [-0.3, -0.25) is 0 Å². The highest BCUT2D eigenvalue weighted by molar-refractivity contribution is 5.25. The number of hydrogen-bond donors (Lipinski definition) is 1. The molecule has 1 nitrogen and oxygen atoms in total. The molecular weight excluding hydrogens is 352 g/mol. The molecule has 0 heterocycles. The van der Waals surface area contributed by atoms with Gasteiger partial charge in [0.2, 0.25) is 0 Å². The number of hydrogen-bond acceptors (Lipinski definition) is 1. The van der Waals surface area contributed by atoms with Crippen molar-refractivity contribution < 1.29 is 5.11 Å². The molecule has 29 heavy (non-hydrogen) atoms. The molecule has 0 aliphatic heterocycles. The van der Waals surface area contributed by atoms with E-state index in [2.05, 4.69) is 59.8 Å². The summed E-state index contributed by atoms with van der Waals surface area (Å²) in [5.74, 6) is 5.63. The molecule has 0 aromatic heterocycles. The van der Waals surface area contributed by atoms with Crippen LogP contribution in [0.4, 0.5) is 0 Å². The lowest BCUT2D eigenvalue weighted by Gasteiger charge is -2.58. The molecule has 4 aliphatic carbocycles. The van der Waals surface area contributed by atoms with Crippen LogP contribution in [0.1, 0.15) is 92.9 Å². The van der Waals surface area contributed by atoms with Crippen LogP contribution in [0, 0.1) is 52.3 Å². The summed E-state index contributed by atoms with van der Waals surface area (Å²) >= 11 is 0. The Balaban J connectivity index is 1.53. The first-order valence-corrected chi connectivity index (χ1v) is 12.7. The van der Waals surface area contributed by atoms with Crippen LogP contribution in [0.2, 0.25) is 0 Å². The van der Waals surface area contributed by atoms with Crippen LogP contribution in [0.5, 0.6) is 0 Å². The maximum absolute atomic E-state index is 10.2. The van der Waals surface area contributed by atoms with Gasteiger partial charge in [0.25, 0.3) is 0 Å². The number of allylic oxidation sites excluding steroid dienone is 3. The third-order valence-electron chi connectivity index (χ3n) is 10.6. The lowest BCUT2D eigenvalue weighted by molar-refractivity contribution is -0.0540. The second-order valence-corrected chi connectivity index (χ2v) is 12.2. The van der Waals surface area contributed by atoms with Gasteiger partial charge in [0.15, 0.2) is 0 Å². The highest BCUT2D eigenvalue weighted by Crippen LogP contribution is 2.67. The Morgan fingerprint density at radius 3 is 2.45 bits per heavy atom. The molecule has 0 aromatic carbocycles. The zero-order valence-corrected chi connectivity index (χ0v) is 20.0. The molecule has 164 valence electrons. The first kappa shape index (κ1) is 21.7. The van der Waals surface area contributed by atoms with Gasteiger partial charge in [-0.1, -0.05) is 65.3 Å². The molecular formula is C28H46O. The van der Waals surface area contributed by atoms with Gasteiger partial charge < -0.3 is 5.11 Å². The Kier molecular flexibility index (Phi) is 5.86. The molecule has 3 saturated carbocycles. The van der Waals surface area contributed by atoms with Gasteiger partial charge in [-0.05, 0) is 104 Å². The third kappa shape index (κ3) is 3.58. The molecule has 0 aromatic rings. The van der Waals surface area contributed by atoms with E-state index in [9.17, 15) is 5.11 Å². The smallest absolute Gasteiger partial charge is 0.0577 e. The molecule has 0 saturated heterocycles. The number of aliphatic hydroxyl groups is 1. The van der Waals surface area contributed by atoms with Crippen LogP contribution in [-0.4, -0.2) is 11.2 Å². The van der Waals surface area contributed by atoms with E-state index in [1.807, 2.05) is 0 Å². The predicted molar refractivity (Wildman–Crippen MR) is 124 cm³/mol. The van der Waals surface area contributed by atoms with E-state index in [0.29, 0.717) is 22.7 Å². The molecule has 1 heteroatoms. The fraction of sp³-hybridized carbons (Fsp3) is 0.857. The maximum atomic E-state index is 10.2. The normalized spacial score (nSPS) is 46.8. The summed E-state index contributed by atoms with van der Waals surface area (Å²) in [6.45, 7) is 14.7. The molecule has 0 bridgehead atoms. The molecule has 0 unspecified atom stereocenters. The third-order valence-corrected chi connectivity index (χ3v) is 10.6. The zero-order chi connectivity index (χ0) is 21.0. The molecule has 0 radical (unpaired) electrons. The van der Waals surface area contributed by atoms with Gasteiger partial charge in [0, 0.05) is 0 Å². The Morgan fingerprint density at radius 1 is 0.966 bits per heavy atom. The van der Waals surface area contributed by atoms with Gasteiger partial charge in [-0.15, -0.1) is 0 Å². The first-order chi connectivity index (χ1) is 13.7. The van der Waals surface area contributed by atoms with Crippen molar-refractivity contribution in [1.82, 2.24) is 0 Å². The first-order valence-electron chi connectivity index (χ1n) is 12.7. The van der Waals surface area contributed by atoms with E-state index < -0.39 is 0 Å². The summed E-state index contributed by atoms with van der Waals surface area (Å²) in [7, 11) is 0. The summed E-state index contributed by atoms with van der Waals surface area (Å²) in [6.07, 6.45) is 17.7. The lowest BCUT2D eigenvalue weighted by Crippen LogP contribution is -2.50. The minimum absolute atomic E-state index is 0.0866. The Labute approximate surface area is 180 Å². The van der Waals surface area contributed by atoms with Crippen molar-refractivity contribution in [3.8, 4) is 0 Å². The summed E-state index contributed by atoms with van der Waals surface area (Å²) in [4.78, 5) is 0. The van der Waals surface area contributed by atoms with Crippen molar-refractivity contribution in [2.24, 2.45) is 52.3 Å². The van der Waals surface area contributed by atoms with Gasteiger partial charge >= 0.3 is 0 Å². The van der Waals surface area contributed by atoms with E-state index in [0.717, 1.165) is 42.4 Å². The molecule has 0 spiro atoms. The number of fused-ring (bicyclic) bond motifs is 5. The average Bonchev–Trinajstić information content (AvgIpc) is 3.03. The Bertz CT molecular complexity index is 659. The minimum Gasteiger partial charge on any atom is -0.393 e. The van der Waals surface area contributed by atoms with Crippen LogP contribution in [0.25, 0.3) is 0 Å². The van der Waals surface area contributed by atoms with Crippen LogP contribution >= 0.6 is 0 Å². The SMILES string of the molecule is CC(C)[C@@H](C)/C=C/[C@@H](C)[C@H]1CC[C@@H]2[C@H]3CC=C4C[C@@H](O)CC[C@]4(C)[C@@H]3CC[C@@]21C. The predicted octanol–water partition coefficient (Wildman–Crippen LogP) is 7.41. The average molecular weight is 399 g/mol.